The van der Waals surface area contributed by atoms with Crippen LogP contribution in [0.1, 0.15) is 29.6 Å². The van der Waals surface area contributed by atoms with Gasteiger partial charge in [0.05, 0.1) is 12.3 Å². The van der Waals surface area contributed by atoms with Crippen molar-refractivity contribution in [3.05, 3.63) is 77.2 Å². The SMILES string of the molecule is CCOc1ccc(-n2c(C)c3c(C)nnc(N(C)Cc4ccccc4)c3c2C)cc1. The van der Waals surface area contributed by atoms with Gasteiger partial charge in [0.25, 0.3) is 0 Å². The maximum Gasteiger partial charge on any atom is 0.161 e. The van der Waals surface area contributed by atoms with E-state index in [2.05, 4.69) is 77.0 Å². The second-order valence-corrected chi connectivity index (χ2v) is 7.63. The van der Waals surface area contributed by atoms with Gasteiger partial charge in [0.1, 0.15) is 5.75 Å². The highest BCUT2D eigenvalue weighted by atomic mass is 16.5. The molecule has 0 radical (unpaired) electrons. The monoisotopic (exact) mass is 400 g/mol. The van der Waals surface area contributed by atoms with Crippen molar-refractivity contribution >= 4 is 16.6 Å². The third-order valence-electron chi connectivity index (χ3n) is 5.55. The lowest BCUT2D eigenvalue weighted by molar-refractivity contribution is 0.340. The van der Waals surface area contributed by atoms with Crippen molar-refractivity contribution in [3.8, 4) is 11.4 Å². The lowest BCUT2D eigenvalue weighted by Crippen LogP contribution is -2.18. The van der Waals surface area contributed by atoms with Gasteiger partial charge in [0, 0.05) is 41.4 Å². The first kappa shape index (κ1) is 20.0. The predicted octanol–water partition coefficient (Wildman–Crippen LogP) is 5.38. The summed E-state index contributed by atoms with van der Waals surface area (Å²) in [7, 11) is 2.08. The first-order chi connectivity index (χ1) is 14.5. The molecule has 0 saturated carbocycles. The number of aromatic nitrogens is 3. The highest BCUT2D eigenvalue weighted by Crippen LogP contribution is 2.35. The molecule has 2 heterocycles. The molecule has 0 atom stereocenters. The Morgan fingerprint density at radius 1 is 0.867 bits per heavy atom. The Balaban J connectivity index is 1.83. The zero-order valence-corrected chi connectivity index (χ0v) is 18.3. The van der Waals surface area contributed by atoms with E-state index in [0.29, 0.717) is 6.61 Å². The van der Waals surface area contributed by atoms with Crippen LogP contribution in [0.25, 0.3) is 16.5 Å². The summed E-state index contributed by atoms with van der Waals surface area (Å²) in [4.78, 5) is 2.18. The van der Waals surface area contributed by atoms with Gasteiger partial charge in [-0.25, -0.2) is 0 Å². The van der Waals surface area contributed by atoms with Crippen LogP contribution < -0.4 is 9.64 Å². The third kappa shape index (κ3) is 3.52. The van der Waals surface area contributed by atoms with Crippen LogP contribution in [0.4, 0.5) is 5.82 Å². The lowest BCUT2D eigenvalue weighted by Gasteiger charge is -2.19. The minimum Gasteiger partial charge on any atom is -0.494 e. The third-order valence-corrected chi connectivity index (χ3v) is 5.55. The molecule has 0 aliphatic carbocycles. The number of anilines is 1. The number of fused-ring (bicyclic) bond motifs is 1. The number of hydrogen-bond acceptors (Lipinski definition) is 4. The molecule has 4 aromatic rings. The van der Waals surface area contributed by atoms with Crippen LogP contribution in [-0.2, 0) is 6.54 Å². The fourth-order valence-corrected chi connectivity index (χ4v) is 4.22. The maximum absolute atomic E-state index is 5.61. The molecule has 0 spiro atoms. The first-order valence-electron chi connectivity index (χ1n) is 10.3. The van der Waals surface area contributed by atoms with E-state index in [-0.39, 0.29) is 0 Å². The number of ether oxygens (including phenoxy) is 1. The molecular weight excluding hydrogens is 372 g/mol. The van der Waals surface area contributed by atoms with Gasteiger partial charge >= 0.3 is 0 Å². The van der Waals surface area contributed by atoms with Crippen molar-refractivity contribution < 1.29 is 4.74 Å². The van der Waals surface area contributed by atoms with Crippen molar-refractivity contribution in [2.75, 3.05) is 18.6 Å². The Morgan fingerprint density at radius 3 is 2.20 bits per heavy atom. The first-order valence-corrected chi connectivity index (χ1v) is 10.3. The summed E-state index contributed by atoms with van der Waals surface area (Å²) < 4.78 is 7.89. The summed E-state index contributed by atoms with van der Waals surface area (Å²) >= 11 is 0. The van der Waals surface area contributed by atoms with Crippen LogP contribution in [-0.4, -0.2) is 28.4 Å². The van der Waals surface area contributed by atoms with E-state index in [0.717, 1.165) is 34.9 Å². The molecule has 0 saturated heterocycles. The molecule has 2 aromatic heterocycles. The average Bonchev–Trinajstić information content (AvgIpc) is 3.01. The molecule has 0 unspecified atom stereocenters. The zero-order valence-electron chi connectivity index (χ0n) is 18.3. The molecule has 30 heavy (non-hydrogen) atoms. The number of aryl methyl sites for hydroxylation is 3. The van der Waals surface area contributed by atoms with E-state index in [4.69, 9.17) is 4.74 Å². The lowest BCUT2D eigenvalue weighted by atomic mass is 10.1. The summed E-state index contributed by atoms with van der Waals surface area (Å²) in [6, 6.07) is 18.7. The molecule has 154 valence electrons. The zero-order chi connectivity index (χ0) is 21.3. The van der Waals surface area contributed by atoms with Gasteiger partial charge in [-0.2, -0.15) is 5.10 Å². The molecule has 2 aromatic carbocycles. The van der Waals surface area contributed by atoms with Crippen LogP contribution in [0.3, 0.4) is 0 Å². The summed E-state index contributed by atoms with van der Waals surface area (Å²) in [6.45, 7) is 9.79. The van der Waals surface area contributed by atoms with Gasteiger partial charge in [0.2, 0.25) is 0 Å². The molecule has 0 fully saturated rings. The fraction of sp³-hybridized carbons (Fsp3) is 0.280. The van der Waals surface area contributed by atoms with Crippen molar-refractivity contribution in [1.29, 1.82) is 0 Å². The smallest absolute Gasteiger partial charge is 0.161 e. The standard InChI is InChI=1S/C25H28N4O/c1-6-30-22-14-12-21(13-15-22)29-18(3)23-17(2)26-27-25(24(23)19(29)4)28(5)16-20-10-8-7-9-11-20/h7-15H,6,16H2,1-5H3. The Bertz CT molecular complexity index is 1160. The quantitative estimate of drug-likeness (QED) is 0.436. The normalized spacial score (nSPS) is 11.1. The Labute approximate surface area is 177 Å². The van der Waals surface area contributed by atoms with Gasteiger partial charge < -0.3 is 14.2 Å². The van der Waals surface area contributed by atoms with E-state index in [1.54, 1.807) is 0 Å². The van der Waals surface area contributed by atoms with Crippen molar-refractivity contribution in [3.63, 3.8) is 0 Å². The molecule has 0 N–H and O–H groups in total. The van der Waals surface area contributed by atoms with Crippen molar-refractivity contribution in [2.45, 2.75) is 34.2 Å². The van der Waals surface area contributed by atoms with Gasteiger partial charge in [-0.1, -0.05) is 30.3 Å². The van der Waals surface area contributed by atoms with Crippen LogP contribution in [0.2, 0.25) is 0 Å². The van der Waals surface area contributed by atoms with E-state index in [9.17, 15) is 0 Å². The highest BCUT2D eigenvalue weighted by molar-refractivity contribution is 5.98. The summed E-state index contributed by atoms with van der Waals surface area (Å²) in [6.07, 6.45) is 0. The summed E-state index contributed by atoms with van der Waals surface area (Å²) in [5.41, 5.74) is 5.65. The Kier molecular flexibility index (Phi) is 5.44. The van der Waals surface area contributed by atoms with Crippen LogP contribution in [0.15, 0.2) is 54.6 Å². The van der Waals surface area contributed by atoms with Crippen molar-refractivity contribution in [2.24, 2.45) is 0 Å². The van der Waals surface area contributed by atoms with E-state index >= 15 is 0 Å². The van der Waals surface area contributed by atoms with E-state index < -0.39 is 0 Å². The van der Waals surface area contributed by atoms with Crippen molar-refractivity contribution in [1.82, 2.24) is 14.8 Å². The molecule has 0 aliphatic heterocycles. The van der Waals surface area contributed by atoms with Gasteiger partial charge in [0.15, 0.2) is 5.82 Å². The number of hydrogen-bond donors (Lipinski definition) is 0. The minimum atomic E-state index is 0.665. The molecular formula is C25H28N4O. The summed E-state index contributed by atoms with van der Waals surface area (Å²) in [5.74, 6) is 1.79. The summed E-state index contributed by atoms with van der Waals surface area (Å²) in [5, 5.41) is 11.4. The molecule has 5 heteroatoms. The molecule has 4 rings (SSSR count). The van der Waals surface area contributed by atoms with Gasteiger partial charge in [-0.3, -0.25) is 0 Å². The van der Waals surface area contributed by atoms with Crippen LogP contribution >= 0.6 is 0 Å². The van der Waals surface area contributed by atoms with Gasteiger partial charge in [-0.15, -0.1) is 5.10 Å². The Morgan fingerprint density at radius 2 is 1.53 bits per heavy atom. The maximum atomic E-state index is 5.61. The predicted molar refractivity (Wildman–Crippen MR) is 123 cm³/mol. The average molecular weight is 401 g/mol. The van der Waals surface area contributed by atoms with Crippen LogP contribution in [0.5, 0.6) is 5.75 Å². The number of benzene rings is 2. The molecule has 5 nitrogen and oxygen atoms in total. The van der Waals surface area contributed by atoms with Gasteiger partial charge in [-0.05, 0) is 57.5 Å². The fourth-order valence-electron chi connectivity index (χ4n) is 4.22. The highest BCUT2D eigenvalue weighted by Gasteiger charge is 2.21. The molecule has 0 aliphatic rings. The second-order valence-electron chi connectivity index (χ2n) is 7.63. The molecule has 0 amide bonds. The van der Waals surface area contributed by atoms with Crippen LogP contribution in [0, 0.1) is 20.8 Å². The topological polar surface area (TPSA) is 43.2 Å². The second kappa shape index (κ2) is 8.19. The largest absolute Gasteiger partial charge is 0.494 e. The number of rotatable bonds is 6. The number of nitrogens with zero attached hydrogens (tertiary/aromatic N) is 4. The Hall–Kier alpha value is -3.34. The minimum absolute atomic E-state index is 0.665. The van der Waals surface area contributed by atoms with E-state index in [1.807, 2.05) is 32.0 Å². The van der Waals surface area contributed by atoms with E-state index in [1.165, 1.54) is 22.3 Å². The molecule has 0 bridgehead atoms.